The molecule has 3 aromatic rings. The van der Waals surface area contributed by atoms with Crippen molar-refractivity contribution in [2.75, 3.05) is 11.9 Å². The maximum atomic E-state index is 10.1. The zero-order valence-corrected chi connectivity index (χ0v) is 15.9. The number of ether oxygens (including phenoxy) is 2. The molecule has 4 rings (SSSR count). The van der Waals surface area contributed by atoms with Crippen LogP contribution in [0.25, 0.3) is 0 Å². The lowest BCUT2D eigenvalue weighted by Crippen LogP contribution is -1.98. The topological polar surface area (TPSA) is 88.9 Å². The Balaban J connectivity index is 1.73. The van der Waals surface area contributed by atoms with Crippen LogP contribution in [0, 0.1) is 0 Å². The number of halogens is 1. The number of anilines is 2. The van der Waals surface area contributed by atoms with Crippen molar-refractivity contribution >= 4 is 39.3 Å². The van der Waals surface area contributed by atoms with Crippen LogP contribution in [0.15, 0.2) is 52.2 Å². The van der Waals surface area contributed by atoms with Crippen LogP contribution in [0.1, 0.15) is 12.5 Å². The summed E-state index contributed by atoms with van der Waals surface area (Å²) in [6.07, 6.45) is 3.01. The molecule has 8 heteroatoms. The second-order valence-corrected chi connectivity index (χ2v) is 6.58. The predicted octanol–water partition coefficient (Wildman–Crippen LogP) is 4.94. The van der Waals surface area contributed by atoms with E-state index >= 15 is 0 Å². The van der Waals surface area contributed by atoms with Crippen LogP contribution in [0.5, 0.6) is 23.1 Å². The standard InChI is InChI=1S/C19H15BrN4O3/c1-2-26-16-8-15-11(6-14(16)25)9-21-17-18(22-10-23-19(17)27-15)24-13-5-3-4-12(20)7-13/h3-10,25H,2H2,1H3,(H,22,23,24). The van der Waals surface area contributed by atoms with Gasteiger partial charge < -0.3 is 19.9 Å². The normalized spacial score (nSPS) is 11.8. The van der Waals surface area contributed by atoms with E-state index in [-0.39, 0.29) is 5.75 Å². The van der Waals surface area contributed by atoms with Gasteiger partial charge in [0.05, 0.1) is 6.61 Å². The third kappa shape index (κ3) is 3.56. The van der Waals surface area contributed by atoms with Gasteiger partial charge in [0.15, 0.2) is 23.0 Å². The summed E-state index contributed by atoms with van der Waals surface area (Å²) in [5, 5.41) is 13.3. The molecule has 0 aliphatic carbocycles. The number of nitrogens with one attached hydrogen (secondary N) is 1. The summed E-state index contributed by atoms with van der Waals surface area (Å²) in [6.45, 7) is 2.27. The molecule has 0 unspecified atom stereocenters. The van der Waals surface area contributed by atoms with Crippen LogP contribution in [-0.2, 0) is 0 Å². The molecule has 0 fully saturated rings. The molecule has 0 atom stereocenters. The fraction of sp³-hybridized carbons (Fsp3) is 0.105. The highest BCUT2D eigenvalue weighted by molar-refractivity contribution is 9.10. The molecule has 2 heterocycles. The Morgan fingerprint density at radius 2 is 2.11 bits per heavy atom. The van der Waals surface area contributed by atoms with Crippen molar-refractivity contribution in [2.45, 2.75) is 6.92 Å². The second-order valence-electron chi connectivity index (χ2n) is 5.66. The van der Waals surface area contributed by atoms with Crippen molar-refractivity contribution in [3.8, 4) is 23.1 Å². The van der Waals surface area contributed by atoms with Gasteiger partial charge in [-0.15, -0.1) is 0 Å². The van der Waals surface area contributed by atoms with Crippen molar-refractivity contribution in [1.29, 1.82) is 0 Å². The number of rotatable bonds is 4. The molecule has 0 amide bonds. The van der Waals surface area contributed by atoms with E-state index in [0.717, 1.165) is 10.2 Å². The summed E-state index contributed by atoms with van der Waals surface area (Å²) < 4.78 is 12.3. The lowest BCUT2D eigenvalue weighted by Gasteiger charge is -2.12. The molecule has 0 saturated heterocycles. The maximum Gasteiger partial charge on any atom is 0.250 e. The average Bonchev–Trinajstić information content (AvgIpc) is 2.82. The van der Waals surface area contributed by atoms with Crippen molar-refractivity contribution in [3.63, 3.8) is 0 Å². The van der Waals surface area contributed by atoms with Gasteiger partial charge in [-0.3, -0.25) is 0 Å². The highest BCUT2D eigenvalue weighted by atomic mass is 79.9. The first-order valence-corrected chi connectivity index (χ1v) is 9.02. The molecule has 27 heavy (non-hydrogen) atoms. The Labute approximate surface area is 163 Å². The van der Waals surface area contributed by atoms with E-state index in [1.807, 2.05) is 31.2 Å². The lowest BCUT2D eigenvalue weighted by atomic mass is 10.2. The van der Waals surface area contributed by atoms with E-state index < -0.39 is 0 Å². The van der Waals surface area contributed by atoms with Gasteiger partial charge in [-0.2, -0.15) is 4.98 Å². The van der Waals surface area contributed by atoms with Gasteiger partial charge in [0.1, 0.15) is 12.1 Å². The summed E-state index contributed by atoms with van der Waals surface area (Å²) in [7, 11) is 0. The first-order chi connectivity index (χ1) is 13.1. The van der Waals surface area contributed by atoms with Gasteiger partial charge in [0.25, 0.3) is 5.88 Å². The monoisotopic (exact) mass is 426 g/mol. The third-order valence-electron chi connectivity index (χ3n) is 3.81. The first-order valence-electron chi connectivity index (χ1n) is 8.23. The summed E-state index contributed by atoms with van der Waals surface area (Å²) in [4.78, 5) is 12.9. The van der Waals surface area contributed by atoms with Gasteiger partial charge in [-0.05, 0) is 31.2 Å². The highest BCUT2D eigenvalue weighted by Crippen LogP contribution is 2.42. The van der Waals surface area contributed by atoms with Gasteiger partial charge in [-0.25, -0.2) is 9.98 Å². The van der Waals surface area contributed by atoms with E-state index in [2.05, 4.69) is 36.2 Å². The minimum atomic E-state index is 0.0233. The zero-order chi connectivity index (χ0) is 18.8. The number of nitrogens with zero attached hydrogens (tertiary/aromatic N) is 3. The SMILES string of the molecule is CCOc1cc2c(cc1O)C=Nc1c(Nc3cccc(Br)c3)ncnc1O2. The molecular formula is C19H15BrN4O3. The van der Waals surface area contributed by atoms with Crippen molar-refractivity contribution in [1.82, 2.24) is 9.97 Å². The largest absolute Gasteiger partial charge is 0.504 e. The summed E-state index contributed by atoms with van der Waals surface area (Å²) in [5.74, 6) is 1.68. The smallest absolute Gasteiger partial charge is 0.250 e. The number of hydrogen-bond acceptors (Lipinski definition) is 7. The Morgan fingerprint density at radius 1 is 1.22 bits per heavy atom. The Hall–Kier alpha value is -3.13. The highest BCUT2D eigenvalue weighted by Gasteiger charge is 2.20. The Kier molecular flexibility index (Phi) is 4.64. The second kappa shape index (κ2) is 7.24. The summed E-state index contributed by atoms with van der Waals surface area (Å²) >= 11 is 3.45. The minimum Gasteiger partial charge on any atom is -0.504 e. The quantitative estimate of drug-likeness (QED) is 0.480. The van der Waals surface area contributed by atoms with Gasteiger partial charge >= 0.3 is 0 Å². The first kappa shape index (κ1) is 17.3. The number of hydrogen-bond donors (Lipinski definition) is 2. The summed E-state index contributed by atoms with van der Waals surface area (Å²) in [6, 6.07) is 10.9. The van der Waals surface area contributed by atoms with Gasteiger partial charge in [-0.1, -0.05) is 22.0 Å². The molecular weight excluding hydrogens is 412 g/mol. The van der Waals surface area contributed by atoms with Crippen LogP contribution in [0.3, 0.4) is 0 Å². The average molecular weight is 427 g/mol. The van der Waals surface area contributed by atoms with Crippen LogP contribution in [0.2, 0.25) is 0 Å². The zero-order valence-electron chi connectivity index (χ0n) is 14.3. The molecule has 1 aromatic heterocycles. The van der Waals surface area contributed by atoms with E-state index in [4.69, 9.17) is 9.47 Å². The molecule has 0 bridgehead atoms. The number of aromatic nitrogens is 2. The number of aliphatic imine (C=N–C) groups is 1. The Bertz CT molecular complexity index is 1040. The van der Waals surface area contributed by atoms with Crippen molar-refractivity contribution in [3.05, 3.63) is 52.8 Å². The van der Waals surface area contributed by atoms with Gasteiger partial charge in [0, 0.05) is 28.0 Å². The molecule has 1 aliphatic rings. The van der Waals surface area contributed by atoms with E-state index in [1.54, 1.807) is 18.3 Å². The minimum absolute atomic E-state index is 0.0233. The number of aromatic hydroxyl groups is 1. The number of benzene rings is 2. The molecule has 2 aromatic carbocycles. The maximum absolute atomic E-state index is 10.1. The van der Waals surface area contributed by atoms with E-state index in [9.17, 15) is 5.11 Å². The van der Waals surface area contributed by atoms with Crippen LogP contribution < -0.4 is 14.8 Å². The van der Waals surface area contributed by atoms with Gasteiger partial charge in [0.2, 0.25) is 0 Å². The molecule has 7 nitrogen and oxygen atoms in total. The predicted molar refractivity (Wildman–Crippen MR) is 106 cm³/mol. The third-order valence-corrected chi connectivity index (χ3v) is 4.30. The molecule has 2 N–H and O–H groups in total. The fourth-order valence-corrected chi connectivity index (χ4v) is 3.01. The molecule has 1 aliphatic heterocycles. The molecule has 136 valence electrons. The fourth-order valence-electron chi connectivity index (χ4n) is 2.61. The number of phenols is 1. The summed E-state index contributed by atoms with van der Waals surface area (Å²) in [5.41, 5.74) is 1.92. The van der Waals surface area contributed by atoms with Crippen molar-refractivity contribution < 1.29 is 14.6 Å². The molecule has 0 radical (unpaired) electrons. The van der Waals surface area contributed by atoms with Crippen LogP contribution >= 0.6 is 15.9 Å². The lowest BCUT2D eigenvalue weighted by molar-refractivity contribution is 0.316. The van der Waals surface area contributed by atoms with E-state index in [0.29, 0.717) is 41.1 Å². The number of fused-ring (bicyclic) bond motifs is 2. The van der Waals surface area contributed by atoms with E-state index in [1.165, 1.54) is 6.33 Å². The molecule has 0 saturated carbocycles. The Morgan fingerprint density at radius 3 is 2.93 bits per heavy atom. The van der Waals surface area contributed by atoms with Crippen molar-refractivity contribution in [2.24, 2.45) is 4.99 Å². The van der Waals surface area contributed by atoms with Crippen LogP contribution in [-0.4, -0.2) is 27.9 Å². The molecule has 0 spiro atoms. The van der Waals surface area contributed by atoms with Crippen LogP contribution in [0.4, 0.5) is 17.2 Å². The number of phenolic OH excluding ortho intramolecular Hbond substituents is 1.